The van der Waals surface area contributed by atoms with E-state index >= 15 is 0 Å². The van der Waals surface area contributed by atoms with Crippen molar-refractivity contribution in [3.05, 3.63) is 146 Å². The van der Waals surface area contributed by atoms with E-state index in [0.29, 0.717) is 0 Å². The van der Waals surface area contributed by atoms with Crippen LogP contribution in [0.5, 0.6) is 0 Å². The Hall–Kier alpha value is -4.28. The fraction of sp³-hybridized carbons (Fsp3) is 0.0968. The van der Waals surface area contributed by atoms with E-state index in [1.807, 2.05) is 81.0 Å². The molecule has 4 heteroatoms. The molecule has 0 heterocycles. The Morgan fingerprint density at radius 2 is 1.60 bits per heavy atom. The molecule has 0 aliphatic heterocycles. The minimum absolute atomic E-state index is 0.230. The zero-order valence-electron chi connectivity index (χ0n) is 20.4. The molecular weight excluding hydrogens is 428 g/mol. The summed E-state index contributed by atoms with van der Waals surface area (Å²) in [4.78, 5) is 2.08. The summed E-state index contributed by atoms with van der Waals surface area (Å²) in [5.74, 6) is 0. The third-order valence-corrected chi connectivity index (χ3v) is 5.45. The molecule has 0 spiro atoms. The number of nitrogens with one attached hydrogen (secondary N) is 2. The first-order chi connectivity index (χ1) is 17.1. The molecule has 0 fully saturated rings. The smallest absolute Gasteiger partial charge is 0.103 e. The second-order valence-corrected chi connectivity index (χ2v) is 8.01. The number of nitrogens with two attached hydrogens (primary N) is 1. The van der Waals surface area contributed by atoms with E-state index in [-0.39, 0.29) is 6.17 Å². The molecule has 0 radical (unpaired) electrons. The Kier molecular flexibility index (Phi) is 9.73. The molecule has 1 unspecified atom stereocenters. The van der Waals surface area contributed by atoms with Crippen molar-refractivity contribution in [3.8, 4) is 11.1 Å². The zero-order chi connectivity index (χ0) is 24.9. The fourth-order valence-corrected chi connectivity index (χ4v) is 3.45. The van der Waals surface area contributed by atoms with Crippen molar-refractivity contribution >= 4 is 11.4 Å². The summed E-state index contributed by atoms with van der Waals surface area (Å²) in [5, 5.41) is 6.38. The molecule has 0 amide bonds. The van der Waals surface area contributed by atoms with Crippen molar-refractivity contribution in [3.63, 3.8) is 0 Å². The Bertz CT molecular complexity index is 1190. The highest BCUT2D eigenvalue weighted by atomic mass is 15.2. The van der Waals surface area contributed by atoms with Crippen LogP contribution in [0.2, 0.25) is 0 Å². The quantitative estimate of drug-likeness (QED) is 0.210. The lowest BCUT2D eigenvalue weighted by atomic mass is 10.0. The van der Waals surface area contributed by atoms with Gasteiger partial charge >= 0.3 is 0 Å². The van der Waals surface area contributed by atoms with Gasteiger partial charge in [-0.1, -0.05) is 73.3 Å². The van der Waals surface area contributed by atoms with E-state index in [0.717, 1.165) is 33.8 Å². The van der Waals surface area contributed by atoms with Crippen LogP contribution in [0.15, 0.2) is 140 Å². The van der Waals surface area contributed by atoms with Gasteiger partial charge in [0.25, 0.3) is 0 Å². The summed E-state index contributed by atoms with van der Waals surface area (Å²) in [7, 11) is 2.02. The predicted molar refractivity (Wildman–Crippen MR) is 152 cm³/mol. The molecular formula is C31H34N4. The normalized spacial score (nSPS) is 12.5. The minimum atomic E-state index is -0.230. The minimum Gasteiger partial charge on any atom is -0.362 e. The van der Waals surface area contributed by atoms with Crippen molar-refractivity contribution in [2.45, 2.75) is 13.1 Å². The molecule has 1 atom stereocenters. The Balaban J connectivity index is 1.57. The van der Waals surface area contributed by atoms with Gasteiger partial charge in [-0.25, -0.2) is 0 Å². The average Bonchev–Trinajstić information content (AvgIpc) is 2.91. The van der Waals surface area contributed by atoms with Gasteiger partial charge in [0, 0.05) is 36.5 Å². The molecule has 0 bridgehead atoms. The number of hydrogen-bond acceptors (Lipinski definition) is 4. The van der Waals surface area contributed by atoms with Gasteiger partial charge in [0.1, 0.15) is 6.17 Å². The van der Waals surface area contributed by atoms with Gasteiger partial charge in [0.2, 0.25) is 0 Å². The van der Waals surface area contributed by atoms with E-state index in [4.69, 9.17) is 5.73 Å². The molecule has 3 aromatic rings. The molecule has 4 N–H and O–H groups in total. The molecule has 4 nitrogen and oxygen atoms in total. The summed E-state index contributed by atoms with van der Waals surface area (Å²) >= 11 is 0. The molecule has 35 heavy (non-hydrogen) atoms. The molecule has 178 valence electrons. The maximum Gasteiger partial charge on any atom is 0.103 e. The summed E-state index contributed by atoms with van der Waals surface area (Å²) in [6, 6.07) is 27.0. The van der Waals surface area contributed by atoms with Crippen LogP contribution < -0.4 is 21.3 Å². The van der Waals surface area contributed by atoms with Gasteiger partial charge in [0.15, 0.2) is 0 Å². The van der Waals surface area contributed by atoms with Gasteiger partial charge in [-0.05, 0) is 72.2 Å². The fourth-order valence-electron chi connectivity index (χ4n) is 3.45. The van der Waals surface area contributed by atoms with Crippen molar-refractivity contribution in [1.29, 1.82) is 0 Å². The molecule has 0 aliphatic carbocycles. The second kappa shape index (κ2) is 13.4. The van der Waals surface area contributed by atoms with Crippen LogP contribution in [0, 0.1) is 0 Å². The highest BCUT2D eigenvalue weighted by Gasteiger charge is 2.13. The van der Waals surface area contributed by atoms with Gasteiger partial charge in [-0.3, -0.25) is 0 Å². The first kappa shape index (κ1) is 25.3. The van der Waals surface area contributed by atoms with Gasteiger partial charge < -0.3 is 21.3 Å². The average molecular weight is 463 g/mol. The number of nitrogens with zero attached hydrogens (tertiary/aromatic N) is 1. The SMILES string of the molecule is C=C(/C=C\C=C/Nc1ccc(-c2cccc(C(N)N(C)c3ccccc3)c2)cc1)N/C=C\C=C/C. The van der Waals surface area contributed by atoms with Crippen molar-refractivity contribution in [1.82, 2.24) is 5.32 Å². The number of hydrogen-bond donors (Lipinski definition) is 3. The number of rotatable bonds is 11. The Morgan fingerprint density at radius 3 is 2.34 bits per heavy atom. The number of allylic oxidation sites excluding steroid dienone is 6. The molecule has 0 aliphatic rings. The second-order valence-electron chi connectivity index (χ2n) is 8.01. The lowest BCUT2D eigenvalue weighted by Gasteiger charge is -2.27. The first-order valence-electron chi connectivity index (χ1n) is 11.7. The Labute approximate surface area is 209 Å². The van der Waals surface area contributed by atoms with Crippen LogP contribution in [0.3, 0.4) is 0 Å². The summed E-state index contributed by atoms with van der Waals surface area (Å²) in [6.45, 7) is 5.93. The van der Waals surface area contributed by atoms with Crippen molar-refractivity contribution in [2.75, 3.05) is 17.3 Å². The van der Waals surface area contributed by atoms with Crippen molar-refractivity contribution in [2.24, 2.45) is 5.73 Å². The van der Waals surface area contributed by atoms with Crippen LogP contribution in [-0.4, -0.2) is 7.05 Å². The summed E-state index contributed by atoms with van der Waals surface area (Å²) < 4.78 is 0. The van der Waals surface area contributed by atoms with Gasteiger partial charge in [-0.15, -0.1) is 0 Å². The number of benzene rings is 3. The van der Waals surface area contributed by atoms with E-state index in [2.05, 4.69) is 82.8 Å². The van der Waals surface area contributed by atoms with Crippen molar-refractivity contribution < 1.29 is 0 Å². The number of anilines is 2. The van der Waals surface area contributed by atoms with Crippen LogP contribution in [0.25, 0.3) is 11.1 Å². The van der Waals surface area contributed by atoms with E-state index in [9.17, 15) is 0 Å². The monoisotopic (exact) mass is 462 g/mol. The lowest BCUT2D eigenvalue weighted by Crippen LogP contribution is -2.30. The topological polar surface area (TPSA) is 53.3 Å². The Morgan fingerprint density at radius 1 is 0.857 bits per heavy atom. The van der Waals surface area contributed by atoms with Crippen LogP contribution in [0.4, 0.5) is 11.4 Å². The molecule has 0 saturated carbocycles. The maximum absolute atomic E-state index is 6.56. The molecule has 3 aromatic carbocycles. The van der Waals surface area contributed by atoms with Crippen LogP contribution in [-0.2, 0) is 0 Å². The predicted octanol–water partition coefficient (Wildman–Crippen LogP) is 7.12. The van der Waals surface area contributed by atoms with E-state index in [1.54, 1.807) is 0 Å². The molecule has 0 saturated heterocycles. The lowest BCUT2D eigenvalue weighted by molar-refractivity contribution is 0.705. The standard InChI is InChI=1S/C31H34N4/c1-4-5-10-22-33-25(2)13-9-11-23-34-29-20-18-26(19-21-29)27-14-12-15-28(24-27)31(32)35(3)30-16-7-6-8-17-30/h4-24,31,33-34H,2,32H2,1,3H3/b5-4-,13-9-,22-10-,23-11-. The third-order valence-electron chi connectivity index (χ3n) is 5.45. The largest absolute Gasteiger partial charge is 0.362 e. The summed E-state index contributed by atoms with van der Waals surface area (Å²) in [5.41, 5.74) is 12.8. The van der Waals surface area contributed by atoms with E-state index < -0.39 is 0 Å². The molecule has 3 rings (SSSR count). The van der Waals surface area contributed by atoms with Crippen LogP contribution >= 0.6 is 0 Å². The first-order valence-corrected chi connectivity index (χ1v) is 11.7. The zero-order valence-corrected chi connectivity index (χ0v) is 20.4. The highest BCUT2D eigenvalue weighted by molar-refractivity contribution is 5.67. The summed E-state index contributed by atoms with van der Waals surface area (Å²) in [6.07, 6.45) is 15.1. The number of para-hydroxylation sites is 1. The maximum atomic E-state index is 6.56. The van der Waals surface area contributed by atoms with Gasteiger partial charge in [-0.2, -0.15) is 0 Å². The highest BCUT2D eigenvalue weighted by Crippen LogP contribution is 2.27. The third kappa shape index (κ3) is 7.91. The van der Waals surface area contributed by atoms with Crippen LogP contribution in [0.1, 0.15) is 18.7 Å². The van der Waals surface area contributed by atoms with E-state index in [1.165, 1.54) is 0 Å². The van der Waals surface area contributed by atoms with Gasteiger partial charge in [0.05, 0.1) is 0 Å². The molecule has 0 aromatic heterocycles.